The first-order valence-corrected chi connectivity index (χ1v) is 10.6. The summed E-state index contributed by atoms with van der Waals surface area (Å²) in [6.07, 6.45) is 4.22. The van der Waals surface area contributed by atoms with Crippen molar-refractivity contribution in [1.82, 2.24) is 9.29 Å². The van der Waals surface area contributed by atoms with Crippen LogP contribution in [0.15, 0.2) is 47.5 Å². The molecule has 2 aromatic rings. The molecule has 1 saturated heterocycles. The normalized spacial score (nSPS) is 18.2. The van der Waals surface area contributed by atoms with Gasteiger partial charge in [0.2, 0.25) is 15.9 Å². The summed E-state index contributed by atoms with van der Waals surface area (Å²) in [6.45, 7) is 4.29. The molecule has 1 aromatic carbocycles. The van der Waals surface area contributed by atoms with E-state index >= 15 is 0 Å². The summed E-state index contributed by atoms with van der Waals surface area (Å²) in [6, 6.07) is 10.1. The van der Waals surface area contributed by atoms with Crippen molar-refractivity contribution in [1.29, 1.82) is 0 Å². The number of amides is 1. The Balaban J connectivity index is 1.73. The monoisotopic (exact) mass is 387 g/mol. The summed E-state index contributed by atoms with van der Waals surface area (Å²) < 4.78 is 27.6. The quantitative estimate of drug-likeness (QED) is 0.854. The smallest absolute Gasteiger partial charge is 0.243 e. The van der Waals surface area contributed by atoms with Crippen LogP contribution in [0.4, 0.5) is 5.82 Å². The number of sulfonamides is 1. The van der Waals surface area contributed by atoms with Crippen molar-refractivity contribution in [3.63, 3.8) is 0 Å². The van der Waals surface area contributed by atoms with Gasteiger partial charge in [-0.05, 0) is 50.5 Å². The lowest BCUT2D eigenvalue weighted by molar-refractivity contribution is -0.117. The predicted molar refractivity (Wildman–Crippen MR) is 105 cm³/mol. The third kappa shape index (κ3) is 4.73. The maximum atomic E-state index is 13.1. The van der Waals surface area contributed by atoms with Crippen molar-refractivity contribution in [3.05, 3.63) is 53.7 Å². The molecule has 3 rings (SSSR count). The molecule has 27 heavy (non-hydrogen) atoms. The van der Waals surface area contributed by atoms with E-state index in [0.717, 1.165) is 24.0 Å². The molecule has 1 atom stereocenters. The zero-order valence-electron chi connectivity index (χ0n) is 15.7. The maximum absolute atomic E-state index is 13.1. The highest BCUT2D eigenvalue weighted by molar-refractivity contribution is 7.89. The van der Waals surface area contributed by atoms with Gasteiger partial charge in [0.05, 0.1) is 4.90 Å². The molecule has 0 unspecified atom stereocenters. The molecule has 144 valence electrons. The number of anilines is 1. The zero-order valence-corrected chi connectivity index (χ0v) is 16.5. The molecule has 0 aliphatic carbocycles. The number of rotatable bonds is 5. The first kappa shape index (κ1) is 19.5. The Morgan fingerprint density at radius 2 is 1.81 bits per heavy atom. The summed E-state index contributed by atoms with van der Waals surface area (Å²) >= 11 is 0. The van der Waals surface area contributed by atoms with Gasteiger partial charge < -0.3 is 5.32 Å². The van der Waals surface area contributed by atoms with E-state index in [0.29, 0.717) is 18.8 Å². The number of piperidine rings is 1. The van der Waals surface area contributed by atoms with Crippen LogP contribution in [-0.2, 0) is 14.8 Å². The zero-order chi connectivity index (χ0) is 19.4. The second kappa shape index (κ2) is 8.19. The van der Waals surface area contributed by atoms with Crippen molar-refractivity contribution in [2.45, 2.75) is 50.5 Å². The van der Waals surface area contributed by atoms with Gasteiger partial charge in [0.1, 0.15) is 5.82 Å². The molecule has 1 aromatic heterocycles. The average Bonchev–Trinajstić information content (AvgIpc) is 2.64. The van der Waals surface area contributed by atoms with Crippen molar-refractivity contribution >= 4 is 21.7 Å². The summed E-state index contributed by atoms with van der Waals surface area (Å²) in [5.74, 6) is 0.261. The van der Waals surface area contributed by atoms with Crippen LogP contribution in [0, 0.1) is 13.8 Å². The molecule has 0 saturated carbocycles. The molecular weight excluding hydrogens is 362 g/mol. The molecule has 1 aliphatic rings. The first-order chi connectivity index (χ1) is 12.9. The first-order valence-electron chi connectivity index (χ1n) is 9.17. The minimum atomic E-state index is -3.61. The van der Waals surface area contributed by atoms with Gasteiger partial charge in [0, 0.05) is 25.2 Å². The number of hydrogen-bond acceptors (Lipinski definition) is 4. The SMILES string of the molecule is Cc1ccc(S(=O)(=O)N2CCCC[C@H]2CC(=O)Nc2ccc(C)cn2)cc1. The number of carbonyl (C=O) groups excluding carboxylic acids is 1. The van der Waals surface area contributed by atoms with Crippen molar-refractivity contribution in [2.75, 3.05) is 11.9 Å². The molecule has 0 bridgehead atoms. The fourth-order valence-electron chi connectivity index (χ4n) is 3.29. The fourth-order valence-corrected chi connectivity index (χ4v) is 4.98. The number of nitrogens with zero attached hydrogens (tertiary/aromatic N) is 2. The topological polar surface area (TPSA) is 79.4 Å². The van der Waals surface area contributed by atoms with Gasteiger partial charge in [-0.1, -0.05) is 30.2 Å². The minimum absolute atomic E-state index is 0.126. The number of aryl methyl sites for hydroxylation is 2. The summed E-state index contributed by atoms with van der Waals surface area (Å²) in [5, 5.41) is 2.76. The van der Waals surface area contributed by atoms with Gasteiger partial charge in [0.15, 0.2) is 0 Å². The maximum Gasteiger partial charge on any atom is 0.243 e. The van der Waals surface area contributed by atoms with Crippen LogP contribution < -0.4 is 5.32 Å². The molecule has 2 heterocycles. The van der Waals surface area contributed by atoms with Crippen LogP contribution in [0.5, 0.6) is 0 Å². The van der Waals surface area contributed by atoms with E-state index in [1.807, 2.05) is 19.9 Å². The van der Waals surface area contributed by atoms with E-state index in [1.54, 1.807) is 36.5 Å². The molecule has 6 nitrogen and oxygen atoms in total. The van der Waals surface area contributed by atoms with E-state index in [1.165, 1.54) is 4.31 Å². The number of carbonyl (C=O) groups is 1. The summed E-state index contributed by atoms with van der Waals surface area (Å²) in [4.78, 5) is 16.9. The minimum Gasteiger partial charge on any atom is -0.311 e. The Bertz CT molecular complexity index is 893. The highest BCUT2D eigenvalue weighted by Crippen LogP contribution is 2.27. The van der Waals surface area contributed by atoms with Crippen LogP contribution in [0.2, 0.25) is 0 Å². The van der Waals surface area contributed by atoms with Gasteiger partial charge in [0.25, 0.3) is 0 Å². The number of nitrogens with one attached hydrogen (secondary N) is 1. The Morgan fingerprint density at radius 3 is 2.48 bits per heavy atom. The van der Waals surface area contributed by atoms with Gasteiger partial charge in [-0.2, -0.15) is 4.31 Å². The molecular formula is C20H25N3O3S. The predicted octanol–water partition coefficient (Wildman–Crippen LogP) is 3.27. The number of hydrogen-bond donors (Lipinski definition) is 1. The van der Waals surface area contributed by atoms with Crippen LogP contribution in [0.1, 0.15) is 36.8 Å². The van der Waals surface area contributed by atoms with E-state index in [9.17, 15) is 13.2 Å². The number of benzene rings is 1. The standard InChI is InChI=1S/C20H25N3O3S/c1-15-6-9-18(10-7-15)27(25,26)23-12-4-3-5-17(23)13-20(24)22-19-11-8-16(2)14-21-19/h6-11,14,17H,3-5,12-13H2,1-2H3,(H,21,22,24)/t17-/m0/s1. The highest BCUT2D eigenvalue weighted by Gasteiger charge is 2.34. The lowest BCUT2D eigenvalue weighted by Gasteiger charge is -2.34. The number of pyridine rings is 1. The van der Waals surface area contributed by atoms with Crippen LogP contribution >= 0.6 is 0 Å². The summed E-state index contributed by atoms with van der Waals surface area (Å²) in [7, 11) is -3.61. The molecule has 0 radical (unpaired) electrons. The fraction of sp³-hybridized carbons (Fsp3) is 0.400. The highest BCUT2D eigenvalue weighted by atomic mass is 32.2. The lowest BCUT2D eigenvalue weighted by atomic mass is 10.0. The van der Waals surface area contributed by atoms with Crippen molar-refractivity contribution in [3.8, 4) is 0 Å². The van der Waals surface area contributed by atoms with Gasteiger partial charge >= 0.3 is 0 Å². The Kier molecular flexibility index (Phi) is 5.92. The lowest BCUT2D eigenvalue weighted by Crippen LogP contribution is -2.45. The van der Waals surface area contributed by atoms with Crippen molar-refractivity contribution in [2.24, 2.45) is 0 Å². The molecule has 7 heteroatoms. The Labute approximate surface area is 160 Å². The molecule has 1 fully saturated rings. The summed E-state index contributed by atoms with van der Waals surface area (Å²) in [5.41, 5.74) is 2.02. The van der Waals surface area contributed by atoms with Crippen LogP contribution in [0.3, 0.4) is 0 Å². The van der Waals surface area contributed by atoms with Crippen LogP contribution in [0.25, 0.3) is 0 Å². The van der Waals surface area contributed by atoms with Crippen LogP contribution in [-0.4, -0.2) is 36.2 Å². The second-order valence-corrected chi connectivity index (χ2v) is 8.94. The average molecular weight is 388 g/mol. The molecule has 1 amide bonds. The third-order valence-electron chi connectivity index (χ3n) is 4.80. The Hall–Kier alpha value is -2.25. The van der Waals surface area contributed by atoms with E-state index in [-0.39, 0.29) is 23.3 Å². The Morgan fingerprint density at radius 1 is 1.11 bits per heavy atom. The van der Waals surface area contributed by atoms with E-state index in [2.05, 4.69) is 10.3 Å². The van der Waals surface area contributed by atoms with E-state index in [4.69, 9.17) is 0 Å². The molecule has 1 N–H and O–H groups in total. The van der Waals surface area contributed by atoms with Gasteiger partial charge in [-0.15, -0.1) is 0 Å². The van der Waals surface area contributed by atoms with Crippen molar-refractivity contribution < 1.29 is 13.2 Å². The van der Waals surface area contributed by atoms with E-state index < -0.39 is 10.0 Å². The molecule has 1 aliphatic heterocycles. The molecule has 0 spiro atoms. The largest absolute Gasteiger partial charge is 0.311 e. The third-order valence-corrected chi connectivity index (χ3v) is 6.77. The van der Waals surface area contributed by atoms with Gasteiger partial charge in [-0.25, -0.2) is 13.4 Å². The second-order valence-electron chi connectivity index (χ2n) is 7.05. The number of aromatic nitrogens is 1. The van der Waals surface area contributed by atoms with Gasteiger partial charge in [-0.3, -0.25) is 4.79 Å².